The zero-order valence-electron chi connectivity index (χ0n) is 15.8. The summed E-state index contributed by atoms with van der Waals surface area (Å²) in [6, 6.07) is 17.4. The van der Waals surface area contributed by atoms with E-state index in [2.05, 4.69) is 26.1 Å². The fraction of sp³-hybridized carbons (Fsp3) is 0.364. The Kier molecular flexibility index (Phi) is 4.86. The number of anilines is 2. The molecule has 1 fully saturated rings. The van der Waals surface area contributed by atoms with Gasteiger partial charge in [0.1, 0.15) is 0 Å². The molecule has 1 aliphatic rings. The lowest BCUT2D eigenvalue weighted by atomic mass is 9.86. The summed E-state index contributed by atoms with van der Waals surface area (Å²) in [6.45, 7) is 6.36. The number of para-hydroxylation sites is 2. The maximum atomic E-state index is 12.6. The summed E-state index contributed by atoms with van der Waals surface area (Å²) in [5.41, 5.74) is 2.72. The molecule has 4 heteroatoms. The monoisotopic (exact) mass is 350 g/mol. The summed E-state index contributed by atoms with van der Waals surface area (Å²) in [7, 11) is 1.76. The molecule has 2 aromatic carbocycles. The van der Waals surface area contributed by atoms with Crippen LogP contribution >= 0.6 is 0 Å². The van der Waals surface area contributed by atoms with Crippen molar-refractivity contribution in [3.8, 4) is 0 Å². The minimum absolute atomic E-state index is 0.000423. The van der Waals surface area contributed by atoms with Crippen LogP contribution in [0.25, 0.3) is 0 Å². The average molecular weight is 350 g/mol. The molecule has 26 heavy (non-hydrogen) atoms. The van der Waals surface area contributed by atoms with E-state index in [1.54, 1.807) is 11.9 Å². The van der Waals surface area contributed by atoms with Gasteiger partial charge < -0.3 is 10.2 Å². The van der Waals surface area contributed by atoms with Crippen LogP contribution in [0.15, 0.2) is 54.6 Å². The minimum Gasteiger partial charge on any atom is -0.326 e. The average Bonchev–Trinajstić information content (AvgIpc) is 3.41. The van der Waals surface area contributed by atoms with Gasteiger partial charge in [-0.25, -0.2) is 0 Å². The molecule has 0 spiro atoms. The number of hydrogen-bond acceptors (Lipinski definition) is 2. The van der Waals surface area contributed by atoms with Crippen LogP contribution < -0.4 is 10.2 Å². The zero-order valence-corrected chi connectivity index (χ0v) is 15.8. The van der Waals surface area contributed by atoms with Crippen molar-refractivity contribution in [2.24, 2.45) is 11.8 Å². The molecule has 0 aromatic heterocycles. The highest BCUT2D eigenvalue weighted by molar-refractivity contribution is 6.04. The van der Waals surface area contributed by atoms with Gasteiger partial charge in [0.25, 0.3) is 0 Å². The van der Waals surface area contributed by atoms with Crippen LogP contribution in [0.1, 0.15) is 32.8 Å². The smallest absolute Gasteiger partial charge is 0.230 e. The second-order valence-corrected chi connectivity index (χ2v) is 7.97. The van der Waals surface area contributed by atoms with Crippen LogP contribution in [-0.4, -0.2) is 18.9 Å². The van der Waals surface area contributed by atoms with E-state index in [0.29, 0.717) is 6.42 Å². The van der Waals surface area contributed by atoms with E-state index >= 15 is 0 Å². The third-order valence-corrected chi connectivity index (χ3v) is 4.91. The molecule has 0 heterocycles. The van der Waals surface area contributed by atoms with Gasteiger partial charge in [-0.2, -0.15) is 0 Å². The van der Waals surface area contributed by atoms with E-state index in [0.717, 1.165) is 16.9 Å². The van der Waals surface area contributed by atoms with Crippen molar-refractivity contribution >= 4 is 23.2 Å². The Balaban J connectivity index is 1.66. The van der Waals surface area contributed by atoms with Crippen molar-refractivity contribution in [3.63, 3.8) is 0 Å². The molecule has 136 valence electrons. The largest absolute Gasteiger partial charge is 0.326 e. The first-order chi connectivity index (χ1) is 12.3. The standard InChI is InChI=1S/C22H26N2O2/c1-22(2,3)18-12-8-9-13-19(18)23-20(25)16-14-17(16)21(26)24(4)15-10-6-5-7-11-15/h5-13,16-17H,14H2,1-4H3,(H,23,25). The lowest BCUT2D eigenvalue weighted by Gasteiger charge is -2.23. The molecule has 2 amide bonds. The van der Waals surface area contributed by atoms with Crippen molar-refractivity contribution in [3.05, 3.63) is 60.2 Å². The highest BCUT2D eigenvalue weighted by Gasteiger charge is 2.49. The molecular formula is C22H26N2O2. The first kappa shape index (κ1) is 18.2. The van der Waals surface area contributed by atoms with Gasteiger partial charge in [-0.3, -0.25) is 9.59 Å². The van der Waals surface area contributed by atoms with E-state index in [1.807, 2.05) is 54.6 Å². The van der Waals surface area contributed by atoms with Gasteiger partial charge in [0.05, 0.1) is 11.8 Å². The number of hydrogen-bond donors (Lipinski definition) is 1. The van der Waals surface area contributed by atoms with E-state index in [4.69, 9.17) is 0 Å². The summed E-state index contributed by atoms with van der Waals surface area (Å²) < 4.78 is 0. The molecule has 2 aromatic rings. The van der Waals surface area contributed by atoms with Gasteiger partial charge >= 0.3 is 0 Å². The number of amides is 2. The molecule has 1 saturated carbocycles. The SMILES string of the molecule is CN(C(=O)C1CC1C(=O)Nc1ccccc1C(C)(C)C)c1ccccc1. The summed E-state index contributed by atoms with van der Waals surface area (Å²) in [5, 5.41) is 3.03. The molecule has 0 bridgehead atoms. The Bertz CT molecular complexity index is 808. The molecule has 0 saturated heterocycles. The molecule has 3 rings (SSSR count). The second kappa shape index (κ2) is 6.94. The highest BCUT2D eigenvalue weighted by atomic mass is 16.2. The van der Waals surface area contributed by atoms with E-state index in [9.17, 15) is 9.59 Å². The molecule has 2 atom stereocenters. The maximum absolute atomic E-state index is 12.6. The summed E-state index contributed by atoms with van der Waals surface area (Å²) >= 11 is 0. The predicted octanol–water partition coefficient (Wildman–Crippen LogP) is 4.22. The molecule has 0 aliphatic heterocycles. The Morgan fingerprint density at radius 2 is 1.58 bits per heavy atom. The van der Waals surface area contributed by atoms with Crippen molar-refractivity contribution in [1.29, 1.82) is 0 Å². The van der Waals surface area contributed by atoms with Crippen molar-refractivity contribution in [1.82, 2.24) is 0 Å². The number of carbonyl (C=O) groups excluding carboxylic acids is 2. The molecule has 0 radical (unpaired) electrons. The van der Waals surface area contributed by atoms with Gasteiger partial charge in [-0.05, 0) is 35.6 Å². The fourth-order valence-electron chi connectivity index (χ4n) is 3.26. The Morgan fingerprint density at radius 3 is 2.23 bits per heavy atom. The number of benzene rings is 2. The Hall–Kier alpha value is -2.62. The summed E-state index contributed by atoms with van der Waals surface area (Å²) in [6.07, 6.45) is 0.611. The van der Waals surface area contributed by atoms with Gasteiger partial charge in [0.15, 0.2) is 0 Å². The van der Waals surface area contributed by atoms with Gasteiger partial charge in [0, 0.05) is 18.4 Å². The number of rotatable bonds is 4. The van der Waals surface area contributed by atoms with Crippen LogP contribution in [-0.2, 0) is 15.0 Å². The predicted molar refractivity (Wildman–Crippen MR) is 105 cm³/mol. The first-order valence-electron chi connectivity index (χ1n) is 9.02. The van der Waals surface area contributed by atoms with Crippen molar-refractivity contribution in [2.45, 2.75) is 32.6 Å². The van der Waals surface area contributed by atoms with Crippen LogP contribution in [0.5, 0.6) is 0 Å². The third kappa shape index (κ3) is 3.79. The van der Waals surface area contributed by atoms with Crippen LogP contribution in [0, 0.1) is 11.8 Å². The minimum atomic E-state index is -0.248. The van der Waals surface area contributed by atoms with Crippen molar-refractivity contribution < 1.29 is 9.59 Å². The number of nitrogens with zero attached hydrogens (tertiary/aromatic N) is 1. The zero-order chi connectivity index (χ0) is 18.9. The van der Waals surface area contributed by atoms with E-state index in [-0.39, 0.29) is 29.1 Å². The lowest BCUT2D eigenvalue weighted by molar-refractivity contribution is -0.123. The fourth-order valence-corrected chi connectivity index (χ4v) is 3.26. The molecule has 2 unspecified atom stereocenters. The van der Waals surface area contributed by atoms with E-state index in [1.165, 1.54) is 0 Å². The Morgan fingerprint density at radius 1 is 0.962 bits per heavy atom. The van der Waals surface area contributed by atoms with Gasteiger partial charge in [-0.15, -0.1) is 0 Å². The molecular weight excluding hydrogens is 324 g/mol. The van der Waals surface area contributed by atoms with Crippen LogP contribution in [0.4, 0.5) is 11.4 Å². The highest BCUT2D eigenvalue weighted by Crippen LogP contribution is 2.42. The van der Waals surface area contributed by atoms with Gasteiger partial charge in [0.2, 0.25) is 11.8 Å². The Labute approximate surface area is 155 Å². The third-order valence-electron chi connectivity index (χ3n) is 4.91. The normalized spacial score (nSPS) is 18.9. The van der Waals surface area contributed by atoms with Crippen LogP contribution in [0.3, 0.4) is 0 Å². The second-order valence-electron chi connectivity index (χ2n) is 7.97. The van der Waals surface area contributed by atoms with Crippen LogP contribution in [0.2, 0.25) is 0 Å². The first-order valence-corrected chi connectivity index (χ1v) is 9.02. The van der Waals surface area contributed by atoms with Crippen molar-refractivity contribution in [2.75, 3.05) is 17.3 Å². The quantitative estimate of drug-likeness (QED) is 0.897. The summed E-state index contributed by atoms with van der Waals surface area (Å²) in [4.78, 5) is 26.9. The van der Waals surface area contributed by atoms with E-state index < -0.39 is 0 Å². The molecule has 4 nitrogen and oxygen atoms in total. The number of carbonyl (C=O) groups is 2. The maximum Gasteiger partial charge on any atom is 0.230 e. The van der Waals surface area contributed by atoms with Gasteiger partial charge in [-0.1, -0.05) is 57.2 Å². The molecule has 1 aliphatic carbocycles. The summed E-state index contributed by atoms with van der Waals surface area (Å²) in [5.74, 6) is -0.550. The number of nitrogens with one attached hydrogen (secondary N) is 1. The topological polar surface area (TPSA) is 49.4 Å². The lowest BCUT2D eigenvalue weighted by Crippen LogP contribution is -2.30. The molecule has 1 N–H and O–H groups in total.